The molecule has 122 valence electrons. The smallest absolute Gasteiger partial charge is 0.336 e. The van der Waals surface area contributed by atoms with Crippen LogP contribution in [-0.2, 0) is 11.3 Å². The predicted octanol–water partition coefficient (Wildman–Crippen LogP) is 0.738. The van der Waals surface area contributed by atoms with Crippen molar-refractivity contribution >= 4 is 16.9 Å². The summed E-state index contributed by atoms with van der Waals surface area (Å²) < 4.78 is 5.28. The van der Waals surface area contributed by atoms with Crippen molar-refractivity contribution < 1.29 is 14.3 Å². The second-order valence-corrected chi connectivity index (χ2v) is 5.91. The summed E-state index contributed by atoms with van der Waals surface area (Å²) in [5.41, 5.74) is 2.26. The molecule has 2 aromatic rings. The minimum absolute atomic E-state index is 0.231. The molecule has 0 unspecified atom stereocenters. The van der Waals surface area contributed by atoms with Crippen LogP contribution in [0.2, 0.25) is 0 Å². The Hall–Kier alpha value is -2.18. The van der Waals surface area contributed by atoms with Crippen molar-refractivity contribution in [3.8, 4) is 0 Å². The Kier molecular flexibility index (Phi) is 4.45. The van der Waals surface area contributed by atoms with Gasteiger partial charge < -0.3 is 14.4 Å². The van der Waals surface area contributed by atoms with Crippen molar-refractivity contribution in [3.05, 3.63) is 45.8 Å². The first-order valence-corrected chi connectivity index (χ1v) is 7.71. The average molecular weight is 316 g/mol. The topological polar surface area (TPSA) is 74.0 Å². The standard InChI is InChI=1S/C17H20N2O4/c1-12-2-3-14-13(9-17(22)23-15(14)8-12)10-18-4-6-19(7-5-18)16(21)11-20/h2-3,8-9,20H,4-7,10-11H2,1H3. The van der Waals surface area contributed by atoms with Gasteiger partial charge in [-0.1, -0.05) is 12.1 Å². The number of fused-ring (bicyclic) bond motifs is 1. The van der Waals surface area contributed by atoms with Crippen molar-refractivity contribution in [2.45, 2.75) is 13.5 Å². The fourth-order valence-electron chi connectivity index (χ4n) is 2.96. The van der Waals surface area contributed by atoms with E-state index in [0.717, 1.165) is 29.6 Å². The van der Waals surface area contributed by atoms with Crippen LogP contribution in [0.3, 0.4) is 0 Å². The molecule has 1 aromatic heterocycles. The molecule has 6 heteroatoms. The Morgan fingerprint density at radius 3 is 2.65 bits per heavy atom. The van der Waals surface area contributed by atoms with E-state index in [-0.39, 0.29) is 11.5 Å². The summed E-state index contributed by atoms with van der Waals surface area (Å²) in [4.78, 5) is 27.1. The zero-order chi connectivity index (χ0) is 16.4. The second-order valence-electron chi connectivity index (χ2n) is 5.91. The van der Waals surface area contributed by atoms with Crippen LogP contribution in [0, 0.1) is 6.92 Å². The molecule has 1 fully saturated rings. The molecule has 1 saturated heterocycles. The minimum atomic E-state index is -0.441. The van der Waals surface area contributed by atoms with Gasteiger partial charge in [0.15, 0.2) is 0 Å². The number of aryl methyl sites for hydroxylation is 1. The summed E-state index contributed by atoms with van der Waals surface area (Å²) >= 11 is 0. The molecule has 0 saturated carbocycles. The molecule has 0 aliphatic carbocycles. The number of amides is 1. The van der Waals surface area contributed by atoms with Gasteiger partial charge in [-0.3, -0.25) is 9.69 Å². The molecule has 0 spiro atoms. The van der Waals surface area contributed by atoms with Gasteiger partial charge in [-0.05, 0) is 24.1 Å². The third-order valence-electron chi connectivity index (χ3n) is 4.24. The fraction of sp³-hybridized carbons (Fsp3) is 0.412. The van der Waals surface area contributed by atoms with E-state index in [1.54, 1.807) is 11.0 Å². The van der Waals surface area contributed by atoms with Crippen LogP contribution in [0.15, 0.2) is 33.5 Å². The van der Waals surface area contributed by atoms with Gasteiger partial charge in [-0.2, -0.15) is 0 Å². The number of hydrogen-bond acceptors (Lipinski definition) is 5. The van der Waals surface area contributed by atoms with Gasteiger partial charge in [0.2, 0.25) is 5.91 Å². The number of carbonyl (C=O) groups is 1. The summed E-state index contributed by atoms with van der Waals surface area (Å²) in [5.74, 6) is -0.231. The van der Waals surface area contributed by atoms with E-state index < -0.39 is 6.61 Å². The monoisotopic (exact) mass is 316 g/mol. The first-order valence-electron chi connectivity index (χ1n) is 7.71. The highest BCUT2D eigenvalue weighted by Crippen LogP contribution is 2.20. The number of aliphatic hydroxyl groups excluding tert-OH is 1. The quantitative estimate of drug-likeness (QED) is 0.846. The molecule has 6 nitrogen and oxygen atoms in total. The van der Waals surface area contributed by atoms with Gasteiger partial charge in [-0.15, -0.1) is 0 Å². The highest BCUT2D eigenvalue weighted by molar-refractivity contribution is 5.80. The summed E-state index contributed by atoms with van der Waals surface area (Å²) in [7, 11) is 0. The zero-order valence-electron chi connectivity index (χ0n) is 13.1. The lowest BCUT2D eigenvalue weighted by atomic mass is 10.1. The molecular weight excluding hydrogens is 296 g/mol. The minimum Gasteiger partial charge on any atom is -0.423 e. The predicted molar refractivity (Wildman–Crippen MR) is 86.2 cm³/mol. The van der Waals surface area contributed by atoms with Crippen molar-refractivity contribution in [2.75, 3.05) is 32.8 Å². The van der Waals surface area contributed by atoms with Crippen LogP contribution in [-0.4, -0.2) is 53.6 Å². The van der Waals surface area contributed by atoms with Crippen LogP contribution >= 0.6 is 0 Å². The number of benzene rings is 1. The van der Waals surface area contributed by atoms with Gasteiger partial charge in [0, 0.05) is 44.2 Å². The van der Waals surface area contributed by atoms with Crippen LogP contribution in [0.5, 0.6) is 0 Å². The van der Waals surface area contributed by atoms with E-state index in [1.165, 1.54) is 0 Å². The summed E-state index contributed by atoms with van der Waals surface area (Å²) in [6.07, 6.45) is 0. The number of rotatable bonds is 3. The number of aliphatic hydroxyl groups is 1. The maximum atomic E-state index is 11.8. The summed E-state index contributed by atoms with van der Waals surface area (Å²) in [6.45, 7) is 4.80. The third kappa shape index (κ3) is 3.43. The Balaban J connectivity index is 1.78. The molecule has 2 heterocycles. The van der Waals surface area contributed by atoms with E-state index in [2.05, 4.69) is 4.90 Å². The van der Waals surface area contributed by atoms with Crippen LogP contribution in [0.4, 0.5) is 0 Å². The first kappa shape index (κ1) is 15.7. The van der Waals surface area contributed by atoms with E-state index in [0.29, 0.717) is 25.2 Å². The lowest BCUT2D eigenvalue weighted by Gasteiger charge is -2.34. The van der Waals surface area contributed by atoms with Crippen molar-refractivity contribution in [1.82, 2.24) is 9.80 Å². The van der Waals surface area contributed by atoms with Gasteiger partial charge in [0.25, 0.3) is 0 Å². The average Bonchev–Trinajstić information content (AvgIpc) is 2.54. The highest BCUT2D eigenvalue weighted by atomic mass is 16.4. The van der Waals surface area contributed by atoms with Gasteiger partial charge in [0.1, 0.15) is 12.2 Å². The van der Waals surface area contributed by atoms with E-state index in [4.69, 9.17) is 9.52 Å². The lowest BCUT2D eigenvalue weighted by Crippen LogP contribution is -2.49. The number of nitrogens with zero attached hydrogens (tertiary/aromatic N) is 2. The van der Waals surface area contributed by atoms with Gasteiger partial charge in [0.05, 0.1) is 0 Å². The van der Waals surface area contributed by atoms with Crippen LogP contribution in [0.1, 0.15) is 11.1 Å². The molecule has 1 aromatic carbocycles. The molecule has 1 N–H and O–H groups in total. The van der Waals surface area contributed by atoms with Gasteiger partial charge >= 0.3 is 5.63 Å². The molecule has 23 heavy (non-hydrogen) atoms. The molecule has 1 aliphatic rings. The molecule has 3 rings (SSSR count). The third-order valence-corrected chi connectivity index (χ3v) is 4.24. The molecule has 0 radical (unpaired) electrons. The Labute approximate surface area is 133 Å². The highest BCUT2D eigenvalue weighted by Gasteiger charge is 2.21. The fourth-order valence-corrected chi connectivity index (χ4v) is 2.96. The SMILES string of the molecule is Cc1ccc2c(CN3CCN(C(=O)CO)CC3)cc(=O)oc2c1. The second kappa shape index (κ2) is 6.52. The zero-order valence-corrected chi connectivity index (χ0v) is 13.1. The lowest BCUT2D eigenvalue weighted by molar-refractivity contribution is -0.135. The van der Waals surface area contributed by atoms with E-state index in [1.807, 2.05) is 25.1 Å². The van der Waals surface area contributed by atoms with Crippen LogP contribution < -0.4 is 5.63 Å². The van der Waals surface area contributed by atoms with Gasteiger partial charge in [-0.25, -0.2) is 4.79 Å². The molecule has 1 aliphatic heterocycles. The van der Waals surface area contributed by atoms with Crippen molar-refractivity contribution in [2.24, 2.45) is 0 Å². The van der Waals surface area contributed by atoms with Crippen LogP contribution in [0.25, 0.3) is 11.0 Å². The molecule has 0 atom stereocenters. The van der Waals surface area contributed by atoms with E-state index >= 15 is 0 Å². The maximum Gasteiger partial charge on any atom is 0.336 e. The Bertz CT molecular complexity index is 776. The number of piperazine rings is 1. The molecular formula is C17H20N2O4. The summed E-state index contributed by atoms with van der Waals surface area (Å²) in [6, 6.07) is 7.40. The number of hydrogen-bond donors (Lipinski definition) is 1. The van der Waals surface area contributed by atoms with Crippen molar-refractivity contribution in [3.63, 3.8) is 0 Å². The van der Waals surface area contributed by atoms with E-state index in [9.17, 15) is 9.59 Å². The Morgan fingerprint density at radius 1 is 1.22 bits per heavy atom. The van der Waals surface area contributed by atoms with Crippen molar-refractivity contribution in [1.29, 1.82) is 0 Å². The summed E-state index contributed by atoms with van der Waals surface area (Å²) in [5, 5.41) is 9.86. The largest absolute Gasteiger partial charge is 0.423 e. The molecule has 0 bridgehead atoms. The maximum absolute atomic E-state index is 11.8. The Morgan fingerprint density at radius 2 is 1.96 bits per heavy atom. The first-order chi connectivity index (χ1) is 11.1. The molecule has 1 amide bonds. The number of carbonyl (C=O) groups excluding carboxylic acids is 1. The normalized spacial score (nSPS) is 16.0.